The molecule has 0 spiro atoms. The van der Waals surface area contributed by atoms with Gasteiger partial charge in [0.2, 0.25) is 0 Å². The van der Waals surface area contributed by atoms with Gasteiger partial charge >= 0.3 is 0 Å². The summed E-state index contributed by atoms with van der Waals surface area (Å²) in [4.78, 5) is 0. The van der Waals surface area contributed by atoms with Crippen molar-refractivity contribution in [1.82, 2.24) is 0 Å². The molecule has 0 unspecified atom stereocenters. The molecule has 0 aliphatic rings. The predicted molar refractivity (Wildman–Crippen MR) is 85.4 cm³/mol. The van der Waals surface area contributed by atoms with E-state index in [-0.39, 0.29) is 6.61 Å². The molecule has 0 saturated heterocycles. The van der Waals surface area contributed by atoms with Gasteiger partial charge < -0.3 is 5.11 Å². The SMILES string of the molecule is OCC/C=C\CCCCCCCCCCCCBr. The van der Waals surface area contributed by atoms with Crippen LogP contribution in [0.5, 0.6) is 0 Å². The molecule has 0 aromatic heterocycles. The fourth-order valence-corrected chi connectivity index (χ4v) is 2.48. The lowest BCUT2D eigenvalue weighted by Gasteiger charge is -2.01. The molecule has 0 bridgehead atoms. The summed E-state index contributed by atoms with van der Waals surface area (Å²) in [5.41, 5.74) is 0. The third-order valence-electron chi connectivity index (χ3n) is 3.22. The molecule has 0 saturated carbocycles. The van der Waals surface area contributed by atoms with Gasteiger partial charge in [0.15, 0.2) is 0 Å². The van der Waals surface area contributed by atoms with Gasteiger partial charge in [-0.25, -0.2) is 0 Å². The molecule has 0 atom stereocenters. The summed E-state index contributed by atoms with van der Waals surface area (Å²) in [5.74, 6) is 0. The average molecular weight is 319 g/mol. The number of rotatable bonds is 14. The van der Waals surface area contributed by atoms with E-state index in [0.717, 1.165) is 6.42 Å². The molecule has 0 fully saturated rings. The van der Waals surface area contributed by atoms with Gasteiger partial charge in [0.25, 0.3) is 0 Å². The Labute approximate surface area is 122 Å². The largest absolute Gasteiger partial charge is 0.396 e. The summed E-state index contributed by atoms with van der Waals surface area (Å²) >= 11 is 3.47. The average Bonchev–Trinajstić information content (AvgIpc) is 2.39. The number of aliphatic hydroxyl groups is 1. The van der Waals surface area contributed by atoms with Crippen molar-refractivity contribution in [2.45, 2.75) is 77.0 Å². The van der Waals surface area contributed by atoms with Crippen molar-refractivity contribution in [2.75, 3.05) is 11.9 Å². The first-order valence-electron chi connectivity index (χ1n) is 7.73. The molecular weight excluding hydrogens is 288 g/mol. The van der Waals surface area contributed by atoms with Crippen molar-refractivity contribution in [1.29, 1.82) is 0 Å². The maximum Gasteiger partial charge on any atom is 0.0465 e. The molecule has 0 aliphatic carbocycles. The first-order valence-corrected chi connectivity index (χ1v) is 8.85. The van der Waals surface area contributed by atoms with E-state index in [1.54, 1.807) is 0 Å². The molecule has 108 valence electrons. The number of aliphatic hydroxyl groups excluding tert-OH is 1. The van der Waals surface area contributed by atoms with Crippen LogP contribution >= 0.6 is 15.9 Å². The molecule has 1 N–H and O–H groups in total. The van der Waals surface area contributed by atoms with Crippen molar-refractivity contribution < 1.29 is 5.11 Å². The van der Waals surface area contributed by atoms with Crippen LogP contribution in [-0.2, 0) is 0 Å². The monoisotopic (exact) mass is 318 g/mol. The molecule has 0 amide bonds. The van der Waals surface area contributed by atoms with Crippen molar-refractivity contribution >= 4 is 15.9 Å². The van der Waals surface area contributed by atoms with Crippen LogP contribution in [0, 0.1) is 0 Å². The fraction of sp³-hybridized carbons (Fsp3) is 0.875. The zero-order valence-electron chi connectivity index (χ0n) is 11.9. The lowest BCUT2D eigenvalue weighted by molar-refractivity contribution is 0.302. The predicted octanol–water partition coefficient (Wildman–Crippen LogP) is 5.61. The number of unbranched alkanes of at least 4 members (excludes halogenated alkanes) is 10. The van der Waals surface area contributed by atoms with Crippen LogP contribution in [0.4, 0.5) is 0 Å². The maximum absolute atomic E-state index is 8.60. The van der Waals surface area contributed by atoms with Gasteiger partial charge in [0, 0.05) is 11.9 Å². The summed E-state index contributed by atoms with van der Waals surface area (Å²) in [7, 11) is 0. The highest BCUT2D eigenvalue weighted by molar-refractivity contribution is 9.09. The first-order chi connectivity index (χ1) is 8.91. The number of hydrogen-bond donors (Lipinski definition) is 1. The second-order valence-corrected chi connectivity index (χ2v) is 5.79. The van der Waals surface area contributed by atoms with E-state index in [4.69, 9.17) is 5.11 Å². The summed E-state index contributed by atoms with van der Waals surface area (Å²) in [6.45, 7) is 0.284. The quantitative estimate of drug-likeness (QED) is 0.251. The minimum Gasteiger partial charge on any atom is -0.396 e. The van der Waals surface area contributed by atoms with Crippen LogP contribution in [0.15, 0.2) is 12.2 Å². The van der Waals surface area contributed by atoms with E-state index in [0.29, 0.717) is 0 Å². The van der Waals surface area contributed by atoms with E-state index < -0.39 is 0 Å². The van der Waals surface area contributed by atoms with E-state index in [1.165, 1.54) is 76.0 Å². The molecule has 0 aromatic carbocycles. The topological polar surface area (TPSA) is 20.2 Å². The van der Waals surface area contributed by atoms with E-state index >= 15 is 0 Å². The Morgan fingerprint density at radius 1 is 0.611 bits per heavy atom. The van der Waals surface area contributed by atoms with Crippen LogP contribution in [-0.4, -0.2) is 17.0 Å². The van der Waals surface area contributed by atoms with Crippen LogP contribution in [0.1, 0.15) is 77.0 Å². The van der Waals surface area contributed by atoms with Gasteiger partial charge in [-0.2, -0.15) is 0 Å². The number of alkyl halides is 1. The Bertz CT molecular complexity index is 168. The number of allylic oxidation sites excluding steroid dienone is 1. The molecule has 2 heteroatoms. The summed E-state index contributed by atoms with van der Waals surface area (Å²) in [5, 5.41) is 9.77. The third-order valence-corrected chi connectivity index (χ3v) is 3.78. The molecule has 0 aliphatic heterocycles. The highest BCUT2D eigenvalue weighted by atomic mass is 79.9. The molecular formula is C16H31BrO. The second kappa shape index (κ2) is 17.2. The molecule has 1 nitrogen and oxygen atoms in total. The second-order valence-electron chi connectivity index (χ2n) is 5.00. The van der Waals surface area contributed by atoms with Crippen molar-refractivity contribution in [2.24, 2.45) is 0 Å². The lowest BCUT2D eigenvalue weighted by atomic mass is 10.1. The molecule has 0 aromatic rings. The highest BCUT2D eigenvalue weighted by Gasteiger charge is 1.92. The van der Waals surface area contributed by atoms with Crippen molar-refractivity contribution in [3.8, 4) is 0 Å². The third kappa shape index (κ3) is 16.2. The minimum atomic E-state index is 0.284. The zero-order valence-corrected chi connectivity index (χ0v) is 13.5. The van der Waals surface area contributed by atoms with Gasteiger partial charge in [-0.05, 0) is 25.7 Å². The summed E-state index contributed by atoms with van der Waals surface area (Å²) in [6.07, 6.45) is 20.2. The van der Waals surface area contributed by atoms with Crippen LogP contribution in [0.25, 0.3) is 0 Å². The van der Waals surface area contributed by atoms with Gasteiger partial charge in [-0.15, -0.1) is 0 Å². The van der Waals surface area contributed by atoms with Gasteiger partial charge in [-0.1, -0.05) is 79.4 Å². The highest BCUT2D eigenvalue weighted by Crippen LogP contribution is 2.11. The van der Waals surface area contributed by atoms with E-state index in [2.05, 4.69) is 28.1 Å². The Hall–Kier alpha value is 0.180. The first kappa shape index (κ1) is 18.2. The van der Waals surface area contributed by atoms with Crippen LogP contribution in [0.3, 0.4) is 0 Å². The Morgan fingerprint density at radius 3 is 1.56 bits per heavy atom. The van der Waals surface area contributed by atoms with Gasteiger partial charge in [0.05, 0.1) is 0 Å². The number of halogens is 1. The molecule has 0 radical (unpaired) electrons. The van der Waals surface area contributed by atoms with Gasteiger partial charge in [-0.3, -0.25) is 0 Å². The van der Waals surface area contributed by atoms with E-state index in [1.807, 2.05) is 0 Å². The van der Waals surface area contributed by atoms with Crippen LogP contribution in [0.2, 0.25) is 0 Å². The van der Waals surface area contributed by atoms with Crippen molar-refractivity contribution in [3.63, 3.8) is 0 Å². The lowest BCUT2D eigenvalue weighted by Crippen LogP contribution is -1.82. The smallest absolute Gasteiger partial charge is 0.0465 e. The summed E-state index contributed by atoms with van der Waals surface area (Å²) in [6, 6.07) is 0. The Balaban J connectivity index is 2.94. The van der Waals surface area contributed by atoms with E-state index in [9.17, 15) is 0 Å². The zero-order chi connectivity index (χ0) is 13.3. The molecule has 0 heterocycles. The van der Waals surface area contributed by atoms with Gasteiger partial charge in [0.1, 0.15) is 0 Å². The maximum atomic E-state index is 8.60. The molecule has 18 heavy (non-hydrogen) atoms. The summed E-state index contributed by atoms with van der Waals surface area (Å²) < 4.78 is 0. The minimum absolute atomic E-state index is 0.284. The fourth-order valence-electron chi connectivity index (χ4n) is 2.08. The molecule has 0 rings (SSSR count). The normalized spacial score (nSPS) is 11.4. The van der Waals surface area contributed by atoms with Crippen molar-refractivity contribution in [3.05, 3.63) is 12.2 Å². The Kier molecular flexibility index (Phi) is 17.4. The standard InChI is InChI=1S/C16H31BrO/c17-15-13-11-9-7-5-3-1-2-4-6-8-10-12-14-16-18/h10,12,18H,1-9,11,13-16H2/b12-10-. The number of hydrogen-bond acceptors (Lipinski definition) is 1. The van der Waals surface area contributed by atoms with Crippen LogP contribution < -0.4 is 0 Å². The Morgan fingerprint density at radius 2 is 1.06 bits per heavy atom.